The Morgan fingerprint density at radius 1 is 1.42 bits per heavy atom. The Bertz CT molecular complexity index is 362. The maximum absolute atomic E-state index is 12.2. The molecule has 7 heteroatoms. The van der Waals surface area contributed by atoms with Crippen LogP contribution in [0.1, 0.15) is 13.8 Å². The fourth-order valence-corrected chi connectivity index (χ4v) is 3.18. The van der Waals surface area contributed by atoms with Crippen molar-refractivity contribution in [2.75, 3.05) is 38.5 Å². The van der Waals surface area contributed by atoms with Crippen LogP contribution in [-0.2, 0) is 4.79 Å². The number of piperazine rings is 1. The van der Waals surface area contributed by atoms with Crippen molar-refractivity contribution in [3.63, 3.8) is 0 Å². The molecule has 0 saturated carbocycles. The van der Waals surface area contributed by atoms with E-state index in [0.29, 0.717) is 25.4 Å². The monoisotopic (exact) mass is 287 g/mol. The highest BCUT2D eigenvalue weighted by atomic mass is 32.2. The number of thioether (sulfide) groups is 1. The van der Waals surface area contributed by atoms with Crippen LogP contribution in [0.5, 0.6) is 0 Å². The molecule has 0 bridgehead atoms. The van der Waals surface area contributed by atoms with Crippen LogP contribution < -0.4 is 5.32 Å². The Balaban J connectivity index is 1.80. The van der Waals surface area contributed by atoms with Crippen LogP contribution in [0, 0.1) is 0 Å². The number of β-amino-alcohol motifs (C(OH)–C–C–N with tert-alkyl or cyclic N) is 1. The highest BCUT2D eigenvalue weighted by Gasteiger charge is 2.33. The van der Waals surface area contributed by atoms with E-state index in [9.17, 15) is 14.7 Å². The average molecular weight is 287 g/mol. The van der Waals surface area contributed by atoms with E-state index < -0.39 is 5.60 Å². The van der Waals surface area contributed by atoms with Crippen molar-refractivity contribution < 1.29 is 14.7 Å². The molecule has 2 saturated heterocycles. The number of nitrogens with one attached hydrogen (secondary N) is 1. The molecule has 2 fully saturated rings. The summed E-state index contributed by atoms with van der Waals surface area (Å²) < 4.78 is 0. The van der Waals surface area contributed by atoms with E-state index >= 15 is 0 Å². The van der Waals surface area contributed by atoms with E-state index in [2.05, 4.69) is 10.2 Å². The molecule has 2 N–H and O–H groups in total. The summed E-state index contributed by atoms with van der Waals surface area (Å²) in [4.78, 5) is 27.2. The molecule has 2 rings (SSSR count). The molecular weight excluding hydrogens is 266 g/mol. The van der Waals surface area contributed by atoms with Crippen molar-refractivity contribution in [1.29, 1.82) is 0 Å². The van der Waals surface area contributed by atoms with Gasteiger partial charge in [-0.25, -0.2) is 0 Å². The summed E-state index contributed by atoms with van der Waals surface area (Å²) >= 11 is 1.17. The van der Waals surface area contributed by atoms with Crippen LogP contribution >= 0.6 is 11.8 Å². The van der Waals surface area contributed by atoms with Crippen molar-refractivity contribution in [2.24, 2.45) is 0 Å². The number of hydrogen-bond acceptors (Lipinski definition) is 5. The van der Waals surface area contributed by atoms with Gasteiger partial charge in [0.1, 0.15) is 6.04 Å². The third kappa shape index (κ3) is 4.09. The molecule has 0 aliphatic carbocycles. The topological polar surface area (TPSA) is 72.9 Å². The van der Waals surface area contributed by atoms with Gasteiger partial charge in [0.05, 0.1) is 5.60 Å². The number of carbonyl (C=O) groups is 2. The van der Waals surface area contributed by atoms with Gasteiger partial charge in [0.25, 0.3) is 5.24 Å². The van der Waals surface area contributed by atoms with Crippen molar-refractivity contribution in [2.45, 2.75) is 25.5 Å². The van der Waals surface area contributed by atoms with Crippen molar-refractivity contribution in [3.05, 3.63) is 0 Å². The minimum absolute atomic E-state index is 0.0151. The zero-order chi connectivity index (χ0) is 14.0. The lowest BCUT2D eigenvalue weighted by Crippen LogP contribution is -2.55. The minimum atomic E-state index is -0.706. The van der Waals surface area contributed by atoms with E-state index in [1.54, 1.807) is 18.7 Å². The summed E-state index contributed by atoms with van der Waals surface area (Å²) in [5.41, 5.74) is -0.706. The quantitative estimate of drug-likeness (QED) is 0.747. The van der Waals surface area contributed by atoms with E-state index in [4.69, 9.17) is 0 Å². The second-order valence-electron chi connectivity index (χ2n) is 5.71. The van der Waals surface area contributed by atoms with Gasteiger partial charge in [-0.2, -0.15) is 0 Å². The number of hydrogen-bond donors (Lipinski definition) is 2. The van der Waals surface area contributed by atoms with Crippen LogP contribution in [0.2, 0.25) is 0 Å². The summed E-state index contributed by atoms with van der Waals surface area (Å²) in [6, 6.07) is -0.363. The molecule has 6 nitrogen and oxygen atoms in total. The Hall–Kier alpha value is -0.790. The summed E-state index contributed by atoms with van der Waals surface area (Å²) in [7, 11) is 0. The largest absolute Gasteiger partial charge is 0.389 e. The predicted octanol–water partition coefficient (Wildman–Crippen LogP) is -0.273. The van der Waals surface area contributed by atoms with Gasteiger partial charge < -0.3 is 15.3 Å². The van der Waals surface area contributed by atoms with Gasteiger partial charge >= 0.3 is 0 Å². The standard InChI is InChI=1S/C12H21N3O3S/c1-12(2,18)8-14-3-5-15(6-4-14)10(16)9-7-19-11(17)13-9/h9,18H,3-8H2,1-2H3,(H,13,17). The van der Waals surface area contributed by atoms with Crippen LogP contribution in [0.25, 0.3) is 0 Å². The van der Waals surface area contributed by atoms with Gasteiger partial charge in [-0.15, -0.1) is 0 Å². The lowest BCUT2D eigenvalue weighted by molar-refractivity contribution is -0.134. The molecular formula is C12H21N3O3S. The maximum atomic E-state index is 12.2. The molecule has 0 aromatic rings. The van der Waals surface area contributed by atoms with Crippen LogP contribution in [-0.4, -0.2) is 76.2 Å². The molecule has 2 heterocycles. The van der Waals surface area contributed by atoms with Crippen molar-refractivity contribution in [3.8, 4) is 0 Å². The highest BCUT2D eigenvalue weighted by Crippen LogP contribution is 2.16. The summed E-state index contributed by atoms with van der Waals surface area (Å²) in [6.45, 7) is 7.04. The molecule has 2 amide bonds. The highest BCUT2D eigenvalue weighted by molar-refractivity contribution is 8.14. The predicted molar refractivity (Wildman–Crippen MR) is 74.1 cm³/mol. The van der Waals surface area contributed by atoms with E-state index in [1.165, 1.54) is 11.8 Å². The molecule has 1 atom stereocenters. The van der Waals surface area contributed by atoms with Crippen LogP contribution in [0.3, 0.4) is 0 Å². The Morgan fingerprint density at radius 3 is 2.53 bits per heavy atom. The van der Waals surface area contributed by atoms with E-state index in [-0.39, 0.29) is 17.2 Å². The lowest BCUT2D eigenvalue weighted by Gasteiger charge is -2.38. The number of amides is 2. The van der Waals surface area contributed by atoms with E-state index in [0.717, 1.165) is 13.1 Å². The molecule has 108 valence electrons. The molecule has 0 spiro atoms. The number of nitrogens with zero attached hydrogens (tertiary/aromatic N) is 2. The van der Waals surface area contributed by atoms with Crippen molar-refractivity contribution >= 4 is 22.9 Å². The first kappa shape index (κ1) is 14.6. The fraction of sp³-hybridized carbons (Fsp3) is 0.833. The summed E-state index contributed by atoms with van der Waals surface area (Å²) in [5.74, 6) is 0.544. The van der Waals surface area contributed by atoms with E-state index in [1.807, 2.05) is 0 Å². The van der Waals surface area contributed by atoms with Gasteiger partial charge in [0.15, 0.2) is 0 Å². The van der Waals surface area contributed by atoms with Crippen LogP contribution in [0.4, 0.5) is 4.79 Å². The lowest BCUT2D eigenvalue weighted by atomic mass is 10.1. The number of carbonyl (C=O) groups excluding carboxylic acids is 2. The first-order valence-corrected chi connectivity index (χ1v) is 7.50. The second-order valence-corrected chi connectivity index (χ2v) is 6.70. The molecule has 2 aliphatic rings. The first-order chi connectivity index (χ1) is 8.85. The van der Waals surface area contributed by atoms with Gasteiger partial charge in [-0.05, 0) is 13.8 Å². The van der Waals surface area contributed by atoms with Gasteiger partial charge in [0.2, 0.25) is 5.91 Å². The number of aliphatic hydroxyl groups is 1. The smallest absolute Gasteiger partial charge is 0.279 e. The zero-order valence-electron chi connectivity index (χ0n) is 11.4. The Kier molecular flexibility index (Phi) is 4.37. The zero-order valence-corrected chi connectivity index (χ0v) is 12.2. The van der Waals surface area contributed by atoms with Crippen LogP contribution in [0.15, 0.2) is 0 Å². The molecule has 0 aromatic carbocycles. The molecule has 0 radical (unpaired) electrons. The molecule has 19 heavy (non-hydrogen) atoms. The summed E-state index contributed by atoms with van der Waals surface area (Å²) in [5, 5.41) is 12.3. The molecule has 0 aromatic heterocycles. The fourth-order valence-electron chi connectivity index (χ4n) is 2.41. The van der Waals surface area contributed by atoms with Gasteiger partial charge in [-0.3, -0.25) is 14.5 Å². The SMILES string of the molecule is CC(C)(O)CN1CCN(C(=O)C2CSC(=O)N2)CC1. The third-order valence-electron chi connectivity index (χ3n) is 3.27. The van der Waals surface area contributed by atoms with Gasteiger partial charge in [-0.1, -0.05) is 11.8 Å². The Morgan fingerprint density at radius 2 is 2.05 bits per heavy atom. The Labute approximate surface area is 117 Å². The minimum Gasteiger partial charge on any atom is -0.389 e. The second kappa shape index (κ2) is 5.68. The third-order valence-corrected chi connectivity index (χ3v) is 4.15. The summed E-state index contributed by atoms with van der Waals surface area (Å²) in [6.07, 6.45) is 0. The first-order valence-electron chi connectivity index (χ1n) is 6.52. The number of rotatable bonds is 3. The maximum Gasteiger partial charge on any atom is 0.279 e. The average Bonchev–Trinajstić information content (AvgIpc) is 2.74. The molecule has 1 unspecified atom stereocenters. The van der Waals surface area contributed by atoms with Gasteiger partial charge in [0, 0.05) is 38.5 Å². The molecule has 2 aliphatic heterocycles. The van der Waals surface area contributed by atoms with Crippen molar-refractivity contribution in [1.82, 2.24) is 15.1 Å². The normalized spacial score (nSPS) is 25.5.